The minimum atomic E-state index is -0.105. The van der Waals surface area contributed by atoms with Gasteiger partial charge in [-0.15, -0.1) is 0 Å². The number of allylic oxidation sites excluding steroid dienone is 4. The van der Waals surface area contributed by atoms with Gasteiger partial charge in [-0.25, -0.2) is 15.0 Å². The van der Waals surface area contributed by atoms with Crippen molar-refractivity contribution in [2.24, 2.45) is 4.99 Å². The number of carbonyl (C=O) groups excluding carboxylic acids is 1. The molecule has 0 saturated carbocycles. The number of aliphatic imine (C=N–C) groups is 1. The Bertz CT molecular complexity index is 1120. The summed E-state index contributed by atoms with van der Waals surface area (Å²) in [5, 5.41) is 8.76. The summed E-state index contributed by atoms with van der Waals surface area (Å²) in [5.74, 6) is 0.474. The summed E-state index contributed by atoms with van der Waals surface area (Å²) in [6, 6.07) is 9.90. The maximum Gasteiger partial charge on any atom is 0.213 e. The molecule has 1 aromatic carbocycles. The van der Waals surface area contributed by atoms with Crippen molar-refractivity contribution < 1.29 is 9.53 Å². The molecular formula is C28H37N7O2S. The highest BCUT2D eigenvalue weighted by atomic mass is 32.1. The quantitative estimate of drug-likeness (QED) is 0.142. The fraction of sp³-hybridized carbons (Fsp3) is 0.321. The molecule has 1 atom stereocenters. The number of nitrogens with zero attached hydrogens (tertiary/aromatic N) is 4. The molecule has 1 amide bonds. The third-order valence-corrected chi connectivity index (χ3v) is 5.66. The number of thiocarbonyl (C=S) groups is 1. The Hall–Kier alpha value is -3.89. The minimum absolute atomic E-state index is 0.105. The number of anilines is 1. The van der Waals surface area contributed by atoms with Crippen LogP contribution in [-0.2, 0) is 9.53 Å². The zero-order valence-corrected chi connectivity index (χ0v) is 23.2. The third kappa shape index (κ3) is 9.87. The van der Waals surface area contributed by atoms with Gasteiger partial charge >= 0.3 is 0 Å². The Balaban J connectivity index is 0.000000432. The van der Waals surface area contributed by atoms with E-state index in [4.69, 9.17) is 4.74 Å². The molecule has 1 aliphatic heterocycles. The molecule has 0 radical (unpaired) electrons. The van der Waals surface area contributed by atoms with Crippen molar-refractivity contribution in [2.75, 3.05) is 32.1 Å². The second kappa shape index (κ2) is 17.5. The number of rotatable bonds is 9. The van der Waals surface area contributed by atoms with Crippen molar-refractivity contribution in [3.8, 4) is 0 Å². The first kappa shape index (κ1) is 30.3. The van der Waals surface area contributed by atoms with Crippen LogP contribution in [0.4, 0.5) is 5.69 Å². The zero-order valence-electron chi connectivity index (χ0n) is 22.4. The van der Waals surface area contributed by atoms with E-state index >= 15 is 0 Å². The molecule has 1 saturated heterocycles. The van der Waals surface area contributed by atoms with Crippen molar-refractivity contribution >= 4 is 41.5 Å². The van der Waals surface area contributed by atoms with Crippen LogP contribution in [0.15, 0.2) is 77.8 Å². The number of ether oxygens (including phenoxy) is 1. The average molecular weight is 536 g/mol. The molecule has 0 aliphatic carbocycles. The lowest BCUT2D eigenvalue weighted by atomic mass is 10.1. The summed E-state index contributed by atoms with van der Waals surface area (Å²) in [7, 11) is 1.89. The maximum atomic E-state index is 11.2. The summed E-state index contributed by atoms with van der Waals surface area (Å²) >= 11 is 4.63. The molecule has 1 aromatic heterocycles. The fourth-order valence-corrected chi connectivity index (χ4v) is 3.66. The monoisotopic (exact) mass is 535 g/mol. The Kier molecular flexibility index (Phi) is 14.0. The van der Waals surface area contributed by atoms with Crippen LogP contribution in [0.25, 0.3) is 5.70 Å². The Labute approximate surface area is 230 Å². The first-order valence-electron chi connectivity index (χ1n) is 12.5. The predicted octanol–water partition coefficient (Wildman–Crippen LogP) is 4.46. The van der Waals surface area contributed by atoms with Crippen molar-refractivity contribution in [1.29, 1.82) is 0 Å². The normalized spacial score (nSPS) is 16.4. The molecule has 0 spiro atoms. The number of guanidine groups is 1. The Morgan fingerprint density at radius 3 is 2.58 bits per heavy atom. The Morgan fingerprint density at radius 1 is 1.21 bits per heavy atom. The predicted molar refractivity (Wildman–Crippen MR) is 159 cm³/mol. The van der Waals surface area contributed by atoms with Crippen LogP contribution in [0.2, 0.25) is 0 Å². The van der Waals surface area contributed by atoms with Crippen LogP contribution in [0, 0.1) is 0 Å². The fourth-order valence-electron chi connectivity index (χ4n) is 3.52. The van der Waals surface area contributed by atoms with Gasteiger partial charge in [0.05, 0.1) is 30.0 Å². The minimum Gasteiger partial charge on any atom is -0.388 e. The van der Waals surface area contributed by atoms with Crippen LogP contribution in [-0.4, -0.2) is 59.5 Å². The number of nitrogens with one attached hydrogen (secondary N) is 3. The number of hydrogen-bond acceptors (Lipinski definition) is 7. The number of hydrogen-bond donors (Lipinski definition) is 3. The van der Waals surface area contributed by atoms with Gasteiger partial charge in [0.1, 0.15) is 12.4 Å². The van der Waals surface area contributed by atoms with Gasteiger partial charge in [0.2, 0.25) is 12.4 Å². The van der Waals surface area contributed by atoms with Gasteiger partial charge in [-0.1, -0.05) is 49.5 Å². The van der Waals surface area contributed by atoms with E-state index < -0.39 is 0 Å². The molecule has 1 aliphatic rings. The van der Waals surface area contributed by atoms with E-state index in [0.717, 1.165) is 23.4 Å². The van der Waals surface area contributed by atoms with Crippen LogP contribution >= 0.6 is 12.2 Å². The largest absolute Gasteiger partial charge is 0.388 e. The second-order valence-electron chi connectivity index (χ2n) is 7.96. The number of amides is 1. The lowest BCUT2D eigenvalue weighted by Crippen LogP contribution is -2.47. The zero-order chi connectivity index (χ0) is 27.6. The van der Waals surface area contributed by atoms with Gasteiger partial charge in [-0.2, -0.15) is 0 Å². The first-order valence-corrected chi connectivity index (χ1v) is 13.0. The maximum absolute atomic E-state index is 11.2. The smallest absolute Gasteiger partial charge is 0.213 e. The lowest BCUT2D eigenvalue weighted by molar-refractivity contribution is -0.108. The third-order valence-electron chi connectivity index (χ3n) is 5.54. The van der Waals surface area contributed by atoms with Crippen molar-refractivity contribution in [2.45, 2.75) is 33.3 Å². The number of carbonyl (C=O) groups is 1. The number of morpholine rings is 1. The SMILES string of the molecule is C/C=C(\C=C/CC)NC=S.C/C=C(\N=C(NC=O)N1CCOC(c2ccc(NC)cc2)C1)c1ccncn1. The molecule has 38 heavy (non-hydrogen) atoms. The average Bonchev–Trinajstić information content (AvgIpc) is 2.98. The van der Waals surface area contributed by atoms with E-state index in [2.05, 4.69) is 56.1 Å². The Morgan fingerprint density at radius 2 is 2.00 bits per heavy atom. The molecular weight excluding hydrogens is 498 g/mol. The molecule has 1 unspecified atom stereocenters. The summed E-state index contributed by atoms with van der Waals surface area (Å²) in [4.78, 5) is 26.0. The van der Waals surface area contributed by atoms with Gasteiger partial charge in [-0.3, -0.25) is 10.1 Å². The summed E-state index contributed by atoms with van der Waals surface area (Å²) in [5.41, 5.74) is 6.04. The molecule has 10 heteroatoms. The van der Waals surface area contributed by atoms with Crippen molar-refractivity contribution in [1.82, 2.24) is 25.5 Å². The standard InChI is InChI=1S/C20H24N6O2.C8H13NS/c1-3-17(18-8-9-22-13-23-18)25-20(24-14-27)26-10-11-28-19(12-26)15-4-6-16(21-2)7-5-15;1-3-5-6-8(4-2)9-7-10/h3-9,13-14,19,21H,10-12H2,1-2H3,(H,24,25,27);4-7H,3H2,1-2H3,(H,9,10)/b17-3-;6-5-,8-4+. The van der Waals surface area contributed by atoms with E-state index in [-0.39, 0.29) is 6.10 Å². The summed E-state index contributed by atoms with van der Waals surface area (Å²) < 4.78 is 5.94. The van der Waals surface area contributed by atoms with Gasteiger partial charge in [0.15, 0.2) is 0 Å². The summed E-state index contributed by atoms with van der Waals surface area (Å²) in [6.07, 6.45) is 12.7. The molecule has 3 N–H and O–H groups in total. The summed E-state index contributed by atoms with van der Waals surface area (Å²) in [6.45, 7) is 7.70. The highest BCUT2D eigenvalue weighted by molar-refractivity contribution is 7.78. The van der Waals surface area contributed by atoms with Crippen LogP contribution in [0.1, 0.15) is 44.6 Å². The number of aromatic nitrogens is 2. The van der Waals surface area contributed by atoms with Crippen molar-refractivity contribution in [3.63, 3.8) is 0 Å². The van der Waals surface area contributed by atoms with E-state index in [1.807, 2.05) is 68.3 Å². The number of benzene rings is 1. The van der Waals surface area contributed by atoms with Gasteiger partial charge in [0.25, 0.3) is 0 Å². The van der Waals surface area contributed by atoms with Crippen molar-refractivity contribution in [3.05, 3.63) is 84.1 Å². The van der Waals surface area contributed by atoms with Crippen LogP contribution < -0.4 is 16.0 Å². The van der Waals surface area contributed by atoms with Crippen LogP contribution in [0.5, 0.6) is 0 Å². The highest BCUT2D eigenvalue weighted by Gasteiger charge is 2.24. The molecule has 9 nitrogen and oxygen atoms in total. The molecule has 2 heterocycles. The van der Waals surface area contributed by atoms with Gasteiger partial charge in [-0.05, 0) is 50.1 Å². The van der Waals surface area contributed by atoms with Gasteiger partial charge < -0.3 is 20.3 Å². The highest BCUT2D eigenvalue weighted by Crippen LogP contribution is 2.24. The molecule has 202 valence electrons. The first-order chi connectivity index (χ1) is 18.6. The van der Waals surface area contributed by atoms with Crippen LogP contribution in [0.3, 0.4) is 0 Å². The van der Waals surface area contributed by atoms with E-state index in [9.17, 15) is 4.79 Å². The van der Waals surface area contributed by atoms with Gasteiger partial charge in [0, 0.05) is 31.2 Å². The molecule has 3 rings (SSSR count). The second-order valence-corrected chi connectivity index (χ2v) is 8.20. The lowest BCUT2D eigenvalue weighted by Gasteiger charge is -2.34. The van der Waals surface area contributed by atoms with E-state index in [0.29, 0.717) is 43.5 Å². The molecule has 2 aromatic rings. The topological polar surface area (TPSA) is 104 Å². The van der Waals surface area contributed by atoms with E-state index in [1.54, 1.807) is 12.3 Å². The van der Waals surface area contributed by atoms with E-state index in [1.165, 1.54) is 11.8 Å². The molecule has 0 bridgehead atoms. The molecule has 1 fully saturated rings.